The van der Waals surface area contributed by atoms with Crippen LogP contribution in [0.25, 0.3) is 0 Å². The maximum atomic E-state index is 13.2. The van der Waals surface area contributed by atoms with Crippen molar-refractivity contribution in [2.45, 2.75) is 33.2 Å². The van der Waals surface area contributed by atoms with Crippen LogP contribution in [0.3, 0.4) is 0 Å². The number of rotatable bonds is 3. The zero-order chi connectivity index (χ0) is 18.1. The van der Waals surface area contributed by atoms with Crippen molar-refractivity contribution in [3.05, 3.63) is 75.0 Å². The lowest BCUT2D eigenvalue weighted by Crippen LogP contribution is -2.33. The Morgan fingerprint density at radius 2 is 2.00 bits per heavy atom. The van der Waals surface area contributed by atoms with E-state index in [1.54, 1.807) is 4.57 Å². The van der Waals surface area contributed by atoms with E-state index >= 15 is 0 Å². The zero-order valence-electron chi connectivity index (χ0n) is 14.6. The van der Waals surface area contributed by atoms with Gasteiger partial charge in [0.25, 0.3) is 5.56 Å². The van der Waals surface area contributed by atoms with E-state index in [4.69, 9.17) is 10.5 Å². The van der Waals surface area contributed by atoms with Gasteiger partial charge in [0.1, 0.15) is 17.4 Å². The van der Waals surface area contributed by atoms with Gasteiger partial charge in [-0.3, -0.25) is 4.79 Å². The molecular formula is C20H21N3O2. The minimum absolute atomic E-state index is 0.0595. The highest BCUT2D eigenvalue weighted by atomic mass is 16.5. The van der Waals surface area contributed by atoms with Crippen LogP contribution in [0.15, 0.2) is 52.6 Å². The summed E-state index contributed by atoms with van der Waals surface area (Å²) < 4.78 is 7.38. The number of nitriles is 1. The molecule has 1 aromatic heterocycles. The van der Waals surface area contributed by atoms with Crippen LogP contribution in [0.1, 0.15) is 36.6 Å². The molecule has 0 aliphatic carbocycles. The Balaban J connectivity index is 2.30. The summed E-state index contributed by atoms with van der Waals surface area (Å²) in [5.74, 6) is 0.309. The lowest BCUT2D eigenvalue weighted by Gasteiger charge is -2.27. The fraction of sp³-hybridized carbons (Fsp3) is 0.300. The fourth-order valence-corrected chi connectivity index (χ4v) is 3.26. The first-order valence-corrected chi connectivity index (χ1v) is 8.31. The van der Waals surface area contributed by atoms with Gasteiger partial charge in [-0.2, -0.15) is 5.26 Å². The molecule has 1 atom stereocenters. The molecule has 1 aliphatic rings. The summed E-state index contributed by atoms with van der Waals surface area (Å²) in [7, 11) is 0. The van der Waals surface area contributed by atoms with Crippen molar-refractivity contribution >= 4 is 0 Å². The van der Waals surface area contributed by atoms with Crippen molar-refractivity contribution in [1.29, 1.82) is 5.26 Å². The SMILES string of the molecule is Cc1cc2c(c(=O)n1CC(C)C)[C@H](c1ccccc1)C(C#N)=C(N)O2. The van der Waals surface area contributed by atoms with Crippen molar-refractivity contribution in [3.8, 4) is 11.8 Å². The lowest BCUT2D eigenvalue weighted by atomic mass is 9.84. The van der Waals surface area contributed by atoms with E-state index in [1.165, 1.54) is 0 Å². The summed E-state index contributed by atoms with van der Waals surface area (Å²) in [6, 6.07) is 13.4. The first-order chi connectivity index (χ1) is 11.9. The van der Waals surface area contributed by atoms with Crippen molar-refractivity contribution in [3.63, 3.8) is 0 Å². The zero-order valence-corrected chi connectivity index (χ0v) is 14.6. The Morgan fingerprint density at radius 1 is 1.32 bits per heavy atom. The van der Waals surface area contributed by atoms with Gasteiger partial charge < -0.3 is 15.0 Å². The van der Waals surface area contributed by atoms with E-state index in [0.717, 1.165) is 11.3 Å². The van der Waals surface area contributed by atoms with Crippen molar-refractivity contribution in [1.82, 2.24) is 4.57 Å². The molecule has 0 unspecified atom stereocenters. The molecule has 1 aliphatic heterocycles. The third-order valence-electron chi connectivity index (χ3n) is 4.37. The lowest BCUT2D eigenvalue weighted by molar-refractivity contribution is 0.386. The molecule has 1 aromatic carbocycles. The Kier molecular flexibility index (Phi) is 4.37. The number of fused-ring (bicyclic) bond motifs is 1. The fourth-order valence-electron chi connectivity index (χ4n) is 3.26. The summed E-state index contributed by atoms with van der Waals surface area (Å²) in [6.45, 7) is 6.62. The van der Waals surface area contributed by atoms with E-state index in [0.29, 0.717) is 23.8 Å². The molecule has 0 bridgehead atoms. The van der Waals surface area contributed by atoms with Gasteiger partial charge in [0.2, 0.25) is 5.88 Å². The number of nitrogens with zero attached hydrogens (tertiary/aromatic N) is 2. The molecule has 3 rings (SSSR count). The highest BCUT2D eigenvalue weighted by molar-refractivity contribution is 5.55. The average molecular weight is 335 g/mol. The van der Waals surface area contributed by atoms with Gasteiger partial charge in [-0.25, -0.2) is 0 Å². The number of benzene rings is 1. The summed E-state index contributed by atoms with van der Waals surface area (Å²) in [5, 5.41) is 9.60. The number of allylic oxidation sites excluding steroid dienone is 1. The van der Waals surface area contributed by atoms with Crippen molar-refractivity contribution in [2.75, 3.05) is 0 Å². The molecule has 5 heteroatoms. The molecular weight excluding hydrogens is 314 g/mol. The molecule has 0 fully saturated rings. The quantitative estimate of drug-likeness (QED) is 0.935. The van der Waals surface area contributed by atoms with Gasteiger partial charge >= 0.3 is 0 Å². The first-order valence-electron chi connectivity index (χ1n) is 8.31. The number of nitrogens with two attached hydrogens (primary N) is 1. The smallest absolute Gasteiger partial charge is 0.258 e. The average Bonchev–Trinajstić information content (AvgIpc) is 2.58. The van der Waals surface area contributed by atoms with Crippen molar-refractivity contribution < 1.29 is 4.74 Å². The number of ether oxygens (including phenoxy) is 1. The van der Waals surface area contributed by atoms with Crippen LogP contribution in [-0.4, -0.2) is 4.57 Å². The predicted molar refractivity (Wildman–Crippen MR) is 96.0 cm³/mol. The third kappa shape index (κ3) is 2.91. The van der Waals surface area contributed by atoms with E-state index in [1.807, 2.05) is 43.3 Å². The molecule has 2 aromatic rings. The van der Waals surface area contributed by atoms with Crippen LogP contribution in [0.5, 0.6) is 5.75 Å². The van der Waals surface area contributed by atoms with Crippen LogP contribution in [0.2, 0.25) is 0 Å². The van der Waals surface area contributed by atoms with E-state index in [2.05, 4.69) is 19.9 Å². The summed E-state index contributed by atoms with van der Waals surface area (Å²) in [4.78, 5) is 13.2. The maximum Gasteiger partial charge on any atom is 0.258 e. The number of pyridine rings is 1. The van der Waals surface area contributed by atoms with Crippen LogP contribution < -0.4 is 16.0 Å². The molecule has 25 heavy (non-hydrogen) atoms. The second-order valence-electron chi connectivity index (χ2n) is 6.71. The van der Waals surface area contributed by atoms with Crippen LogP contribution in [0.4, 0.5) is 0 Å². The molecule has 0 saturated heterocycles. The normalized spacial score (nSPS) is 16.4. The Morgan fingerprint density at radius 3 is 2.60 bits per heavy atom. The molecule has 0 saturated carbocycles. The summed E-state index contributed by atoms with van der Waals surface area (Å²) >= 11 is 0. The number of hydrogen-bond acceptors (Lipinski definition) is 4. The molecule has 0 spiro atoms. The number of aryl methyl sites for hydroxylation is 1. The molecule has 0 radical (unpaired) electrons. The Bertz CT molecular complexity index is 934. The topological polar surface area (TPSA) is 81.0 Å². The second-order valence-corrected chi connectivity index (χ2v) is 6.71. The Labute approximate surface area is 147 Å². The standard InChI is InChI=1S/C20H21N3O2/c1-12(2)11-23-13(3)9-16-18(20(23)24)17(14-7-5-4-6-8-14)15(10-21)19(22)25-16/h4-9,12,17H,11,22H2,1-3H3/t17-/m1/s1. The highest BCUT2D eigenvalue weighted by Gasteiger charge is 2.34. The van der Waals surface area contributed by atoms with E-state index in [9.17, 15) is 10.1 Å². The molecule has 2 N–H and O–H groups in total. The van der Waals surface area contributed by atoms with Gasteiger partial charge in [-0.15, -0.1) is 0 Å². The first kappa shape index (κ1) is 16.8. The monoisotopic (exact) mass is 335 g/mol. The van der Waals surface area contributed by atoms with Gasteiger partial charge in [0.15, 0.2) is 0 Å². The second kappa shape index (κ2) is 6.48. The largest absolute Gasteiger partial charge is 0.440 e. The van der Waals surface area contributed by atoms with Gasteiger partial charge in [0.05, 0.1) is 11.5 Å². The van der Waals surface area contributed by atoms with E-state index in [-0.39, 0.29) is 17.0 Å². The van der Waals surface area contributed by atoms with Gasteiger partial charge in [-0.05, 0) is 18.4 Å². The molecule has 2 heterocycles. The van der Waals surface area contributed by atoms with Gasteiger partial charge in [0, 0.05) is 18.3 Å². The summed E-state index contributed by atoms with van der Waals surface area (Å²) in [6.07, 6.45) is 0. The van der Waals surface area contributed by atoms with E-state index < -0.39 is 5.92 Å². The maximum absolute atomic E-state index is 13.2. The third-order valence-corrected chi connectivity index (χ3v) is 4.37. The number of aromatic nitrogens is 1. The van der Waals surface area contributed by atoms with Crippen LogP contribution in [0, 0.1) is 24.2 Å². The molecule has 0 amide bonds. The van der Waals surface area contributed by atoms with Crippen molar-refractivity contribution in [2.24, 2.45) is 11.7 Å². The summed E-state index contributed by atoms with van der Waals surface area (Å²) in [5.41, 5.74) is 8.27. The highest BCUT2D eigenvalue weighted by Crippen LogP contribution is 2.40. The minimum Gasteiger partial charge on any atom is -0.440 e. The molecule has 5 nitrogen and oxygen atoms in total. The number of hydrogen-bond donors (Lipinski definition) is 1. The van der Waals surface area contributed by atoms with Crippen LogP contribution >= 0.6 is 0 Å². The van der Waals surface area contributed by atoms with Gasteiger partial charge in [-0.1, -0.05) is 44.2 Å². The molecule has 128 valence electrons. The Hall–Kier alpha value is -3.00. The van der Waals surface area contributed by atoms with Crippen LogP contribution in [-0.2, 0) is 6.54 Å². The predicted octanol–water partition coefficient (Wildman–Crippen LogP) is 3.03. The minimum atomic E-state index is -0.513.